The summed E-state index contributed by atoms with van der Waals surface area (Å²) in [5.74, 6) is -1.60. The van der Waals surface area contributed by atoms with Crippen LogP contribution in [0.5, 0.6) is 0 Å². The molecule has 94 valence electrons. The topological polar surface area (TPSA) is 57.9 Å². The predicted molar refractivity (Wildman–Crippen MR) is 56.6 cm³/mol. The Bertz CT molecular complexity index is 546. The zero-order valence-electron chi connectivity index (χ0n) is 8.71. The van der Waals surface area contributed by atoms with Crippen LogP contribution in [0.3, 0.4) is 0 Å². The number of nitriles is 1. The van der Waals surface area contributed by atoms with E-state index in [0.29, 0.717) is 6.07 Å². The van der Waals surface area contributed by atoms with Gasteiger partial charge in [0.15, 0.2) is 12.1 Å². The molecule has 0 spiro atoms. The molecule has 7 heteroatoms. The molecule has 0 amide bonds. The lowest BCUT2D eigenvalue weighted by Crippen LogP contribution is -2.15. The van der Waals surface area contributed by atoms with E-state index in [0.717, 1.165) is 6.07 Å². The van der Waals surface area contributed by atoms with Crippen molar-refractivity contribution < 1.29 is 22.8 Å². The Kier molecular flexibility index (Phi) is 4.09. The summed E-state index contributed by atoms with van der Waals surface area (Å²) in [5.41, 5.74) is -2.70. The number of halogens is 4. The van der Waals surface area contributed by atoms with Crippen LogP contribution < -0.4 is 0 Å². The molecule has 3 nitrogen and oxygen atoms in total. The van der Waals surface area contributed by atoms with Crippen molar-refractivity contribution in [1.29, 1.82) is 5.26 Å². The fourth-order valence-corrected chi connectivity index (χ4v) is 1.49. The molecule has 0 aliphatic heterocycles. The molecule has 18 heavy (non-hydrogen) atoms. The molecular formula is C11H5ClF3NO2. The largest absolute Gasteiger partial charge is 0.417 e. The number of ketones is 1. The first-order valence-electron chi connectivity index (χ1n) is 4.54. The second-order valence-electron chi connectivity index (χ2n) is 3.27. The lowest BCUT2D eigenvalue weighted by Gasteiger charge is -2.12. The fourth-order valence-electron chi connectivity index (χ4n) is 1.35. The minimum absolute atomic E-state index is 0.128. The molecule has 1 rings (SSSR count). The molecule has 0 fully saturated rings. The Morgan fingerprint density at radius 1 is 1.44 bits per heavy atom. The molecule has 0 atom stereocenters. The average molecular weight is 276 g/mol. The SMILES string of the molecule is N#Cc1cc(C(=O)CCl)c(C(F)(F)F)cc1C=O. The summed E-state index contributed by atoms with van der Waals surface area (Å²) in [5, 5.41) is 8.69. The second kappa shape index (κ2) is 5.19. The summed E-state index contributed by atoms with van der Waals surface area (Å²) < 4.78 is 38.1. The van der Waals surface area contributed by atoms with Crippen LogP contribution in [0.1, 0.15) is 31.8 Å². The first-order valence-corrected chi connectivity index (χ1v) is 5.08. The molecule has 0 saturated carbocycles. The van der Waals surface area contributed by atoms with Crippen molar-refractivity contribution in [1.82, 2.24) is 0 Å². The molecule has 1 aromatic carbocycles. The normalized spacial score (nSPS) is 10.8. The zero-order valence-corrected chi connectivity index (χ0v) is 9.47. The number of hydrogen-bond donors (Lipinski definition) is 0. The highest BCUT2D eigenvalue weighted by Crippen LogP contribution is 2.33. The molecule has 0 bridgehead atoms. The molecule has 0 unspecified atom stereocenters. The highest BCUT2D eigenvalue weighted by atomic mass is 35.5. The minimum atomic E-state index is -4.80. The molecule has 0 saturated heterocycles. The smallest absolute Gasteiger partial charge is 0.298 e. The summed E-state index contributed by atoms with van der Waals surface area (Å²) in [6.07, 6.45) is -4.68. The Morgan fingerprint density at radius 3 is 2.44 bits per heavy atom. The van der Waals surface area contributed by atoms with E-state index < -0.39 is 34.5 Å². The molecular weight excluding hydrogens is 271 g/mol. The van der Waals surface area contributed by atoms with Crippen LogP contribution in [-0.2, 0) is 6.18 Å². The van der Waals surface area contributed by atoms with Crippen molar-refractivity contribution in [2.24, 2.45) is 0 Å². The number of rotatable bonds is 3. The number of hydrogen-bond acceptors (Lipinski definition) is 3. The number of nitrogens with zero attached hydrogens (tertiary/aromatic N) is 1. The van der Waals surface area contributed by atoms with E-state index in [1.54, 1.807) is 6.07 Å². The average Bonchev–Trinajstić information content (AvgIpc) is 2.34. The maximum Gasteiger partial charge on any atom is 0.417 e. The Morgan fingerprint density at radius 2 is 2.06 bits per heavy atom. The van der Waals surface area contributed by atoms with Crippen LogP contribution in [0, 0.1) is 11.3 Å². The molecule has 0 aliphatic carbocycles. The quantitative estimate of drug-likeness (QED) is 0.484. The number of alkyl halides is 4. The summed E-state index contributed by atoms with van der Waals surface area (Å²) >= 11 is 5.21. The lowest BCUT2D eigenvalue weighted by atomic mass is 9.97. The van der Waals surface area contributed by atoms with E-state index in [4.69, 9.17) is 16.9 Å². The Hall–Kier alpha value is -1.87. The molecule has 0 aromatic heterocycles. The van der Waals surface area contributed by atoms with Crippen LogP contribution >= 0.6 is 11.6 Å². The van der Waals surface area contributed by atoms with Crippen LogP contribution in [0.4, 0.5) is 13.2 Å². The number of benzene rings is 1. The Labute approximate surface area is 105 Å². The van der Waals surface area contributed by atoms with Gasteiger partial charge >= 0.3 is 6.18 Å². The third-order valence-corrected chi connectivity index (χ3v) is 2.41. The Balaban J connectivity index is 3.63. The van der Waals surface area contributed by atoms with Gasteiger partial charge in [-0.05, 0) is 12.1 Å². The van der Waals surface area contributed by atoms with E-state index in [2.05, 4.69) is 0 Å². The second-order valence-corrected chi connectivity index (χ2v) is 3.54. The third-order valence-electron chi connectivity index (χ3n) is 2.16. The van der Waals surface area contributed by atoms with Gasteiger partial charge in [0.05, 0.1) is 23.1 Å². The van der Waals surface area contributed by atoms with Gasteiger partial charge in [-0.25, -0.2) is 0 Å². The molecule has 0 aliphatic rings. The number of Topliss-reactive ketones (excluding diaryl/α,β-unsaturated/α-hetero) is 1. The molecule has 0 radical (unpaired) electrons. The van der Waals surface area contributed by atoms with E-state index in [-0.39, 0.29) is 11.8 Å². The van der Waals surface area contributed by atoms with Crippen LogP contribution in [0.15, 0.2) is 12.1 Å². The minimum Gasteiger partial charge on any atom is -0.298 e. The number of aldehydes is 1. The van der Waals surface area contributed by atoms with Crippen LogP contribution in [0.2, 0.25) is 0 Å². The van der Waals surface area contributed by atoms with Gasteiger partial charge in [0.25, 0.3) is 0 Å². The molecule has 0 N–H and O–H groups in total. The van der Waals surface area contributed by atoms with Gasteiger partial charge in [0, 0.05) is 11.1 Å². The maximum atomic E-state index is 12.7. The van der Waals surface area contributed by atoms with Crippen molar-refractivity contribution in [3.63, 3.8) is 0 Å². The van der Waals surface area contributed by atoms with E-state index in [9.17, 15) is 22.8 Å². The van der Waals surface area contributed by atoms with Crippen molar-refractivity contribution in [2.45, 2.75) is 6.18 Å². The molecule has 0 heterocycles. The van der Waals surface area contributed by atoms with Crippen molar-refractivity contribution in [3.05, 3.63) is 34.4 Å². The first kappa shape index (κ1) is 14.2. The summed E-state index contributed by atoms with van der Waals surface area (Å²) in [7, 11) is 0. The highest BCUT2D eigenvalue weighted by molar-refractivity contribution is 6.30. The fraction of sp³-hybridized carbons (Fsp3) is 0.182. The van der Waals surface area contributed by atoms with Gasteiger partial charge in [-0.1, -0.05) is 0 Å². The maximum absolute atomic E-state index is 12.7. The number of carbonyl (C=O) groups is 2. The number of carbonyl (C=O) groups excluding carboxylic acids is 2. The van der Waals surface area contributed by atoms with Gasteiger partial charge in [-0.2, -0.15) is 18.4 Å². The van der Waals surface area contributed by atoms with E-state index in [1.165, 1.54) is 0 Å². The standard InChI is InChI=1S/C11H5ClF3NO2/c12-3-10(18)8-1-6(4-16)7(5-17)2-9(8)11(13,14)15/h1-2,5H,3H2. The summed E-state index contributed by atoms with van der Waals surface area (Å²) in [4.78, 5) is 21.9. The van der Waals surface area contributed by atoms with Gasteiger partial charge in [0.1, 0.15) is 0 Å². The van der Waals surface area contributed by atoms with Gasteiger partial charge in [0.2, 0.25) is 0 Å². The van der Waals surface area contributed by atoms with Crippen molar-refractivity contribution >= 4 is 23.7 Å². The lowest BCUT2D eigenvalue weighted by molar-refractivity contribution is -0.137. The predicted octanol–water partition coefficient (Wildman–Crippen LogP) is 2.81. The van der Waals surface area contributed by atoms with Crippen LogP contribution in [0.25, 0.3) is 0 Å². The molecule has 1 aromatic rings. The van der Waals surface area contributed by atoms with Crippen molar-refractivity contribution in [2.75, 3.05) is 5.88 Å². The highest BCUT2D eigenvalue weighted by Gasteiger charge is 2.36. The monoisotopic (exact) mass is 275 g/mol. The van der Waals surface area contributed by atoms with Crippen LogP contribution in [-0.4, -0.2) is 17.9 Å². The summed E-state index contributed by atoms with van der Waals surface area (Å²) in [6, 6.07) is 2.76. The van der Waals surface area contributed by atoms with Gasteiger partial charge in [-0.3, -0.25) is 9.59 Å². The first-order chi connectivity index (χ1) is 8.35. The van der Waals surface area contributed by atoms with E-state index in [1.807, 2.05) is 0 Å². The van der Waals surface area contributed by atoms with E-state index >= 15 is 0 Å². The zero-order chi connectivity index (χ0) is 13.9. The van der Waals surface area contributed by atoms with Gasteiger partial charge < -0.3 is 0 Å². The third kappa shape index (κ3) is 2.68. The van der Waals surface area contributed by atoms with Gasteiger partial charge in [-0.15, -0.1) is 11.6 Å². The van der Waals surface area contributed by atoms with Crippen molar-refractivity contribution in [3.8, 4) is 6.07 Å². The summed E-state index contributed by atoms with van der Waals surface area (Å²) in [6.45, 7) is 0.